The van der Waals surface area contributed by atoms with Crippen molar-refractivity contribution in [3.63, 3.8) is 0 Å². The first-order valence-electron chi connectivity index (χ1n) is 1.81. The number of imidazole rings is 1. The van der Waals surface area contributed by atoms with Crippen molar-refractivity contribution in [2.75, 3.05) is 0 Å². The van der Waals surface area contributed by atoms with Crippen LogP contribution in [0, 0.1) is 6.33 Å². The first-order valence-corrected chi connectivity index (χ1v) is 1.81. The molecule has 1 aromatic heterocycles. The van der Waals surface area contributed by atoms with Crippen LogP contribution in [0.1, 0.15) is 0 Å². The van der Waals surface area contributed by atoms with Gasteiger partial charge < -0.3 is 15.0 Å². The molecule has 0 aliphatic heterocycles. The molecule has 1 rings (SSSR count). The fraction of sp³-hybridized carbons (Fsp3) is 0. The maximum absolute atomic E-state index is 8.19. The second-order valence-electron chi connectivity index (χ2n) is 1.05. The SMILES string of the molecule is [N-]=Cn1[c-]ncc1.[W+2].[W]. The summed E-state index contributed by atoms with van der Waals surface area (Å²) in [7, 11) is 0. The molecular weight excluding hydrogens is 458 g/mol. The number of nitrogens with zero attached hydrogens (tertiary/aromatic N) is 3. The molecule has 0 aliphatic rings. The monoisotopic (exact) mass is 461 g/mol. The van der Waals surface area contributed by atoms with E-state index in [0.717, 1.165) is 6.34 Å². The van der Waals surface area contributed by atoms with Crippen molar-refractivity contribution in [1.29, 1.82) is 0 Å². The van der Waals surface area contributed by atoms with E-state index in [4.69, 9.17) is 5.41 Å². The third kappa shape index (κ3) is 3.77. The smallest absolute Gasteiger partial charge is 0.540 e. The summed E-state index contributed by atoms with van der Waals surface area (Å²) in [4.78, 5) is 3.54. The van der Waals surface area contributed by atoms with E-state index in [-0.39, 0.29) is 42.1 Å². The van der Waals surface area contributed by atoms with Gasteiger partial charge >= 0.3 is 21.1 Å². The Labute approximate surface area is 81.9 Å². The van der Waals surface area contributed by atoms with Crippen LogP contribution < -0.4 is 0 Å². The standard InChI is InChI=1S/C4H3N3.2W/c5-3-7-2-1-6-4-7;;/h1-3H;;/q-2;;+2. The zero-order valence-corrected chi connectivity index (χ0v) is 10.3. The van der Waals surface area contributed by atoms with Crippen LogP contribution in [0.15, 0.2) is 12.4 Å². The zero-order valence-electron chi connectivity index (χ0n) is 4.39. The average molecular weight is 461 g/mol. The molecular formula is C4H3N3W2. The molecule has 0 saturated carbocycles. The Kier molecular flexibility index (Phi) is 8.49. The summed E-state index contributed by atoms with van der Waals surface area (Å²) in [6, 6.07) is 0. The normalized spacial score (nSPS) is 6.67. The van der Waals surface area contributed by atoms with Crippen molar-refractivity contribution < 1.29 is 42.1 Å². The molecule has 5 heteroatoms. The molecule has 9 heavy (non-hydrogen) atoms. The van der Waals surface area contributed by atoms with E-state index < -0.39 is 0 Å². The molecule has 0 spiro atoms. The molecule has 46 valence electrons. The van der Waals surface area contributed by atoms with Crippen LogP contribution in [-0.4, -0.2) is 15.9 Å². The quantitative estimate of drug-likeness (QED) is 0.334. The second-order valence-corrected chi connectivity index (χ2v) is 1.05. The molecule has 0 bridgehead atoms. The average Bonchev–Trinajstić information content (AvgIpc) is 2.14. The summed E-state index contributed by atoms with van der Waals surface area (Å²) in [6.45, 7) is 0. The summed E-state index contributed by atoms with van der Waals surface area (Å²) in [5, 5.41) is 8.19. The summed E-state index contributed by atoms with van der Waals surface area (Å²) >= 11 is 0. The van der Waals surface area contributed by atoms with Gasteiger partial charge in [-0.25, -0.2) is 0 Å². The molecule has 0 aliphatic carbocycles. The molecule has 0 unspecified atom stereocenters. The molecule has 0 atom stereocenters. The van der Waals surface area contributed by atoms with Crippen LogP contribution in [0.4, 0.5) is 0 Å². The van der Waals surface area contributed by atoms with E-state index in [2.05, 4.69) is 11.3 Å². The van der Waals surface area contributed by atoms with E-state index in [1.807, 2.05) is 0 Å². The van der Waals surface area contributed by atoms with E-state index in [1.165, 1.54) is 10.8 Å². The molecule has 0 fully saturated rings. The Morgan fingerprint density at radius 1 is 1.67 bits per heavy atom. The maximum atomic E-state index is 8.19. The minimum atomic E-state index is 0. The van der Waals surface area contributed by atoms with E-state index in [0.29, 0.717) is 0 Å². The van der Waals surface area contributed by atoms with Gasteiger partial charge in [0.15, 0.2) is 0 Å². The number of rotatable bonds is 1. The number of hydrogen-bond donors (Lipinski definition) is 0. The third-order valence-electron chi connectivity index (χ3n) is 0.599. The van der Waals surface area contributed by atoms with Gasteiger partial charge in [-0.1, -0.05) is 12.5 Å². The van der Waals surface area contributed by atoms with Gasteiger partial charge in [0.1, 0.15) is 0 Å². The number of hydrogen-bond acceptors (Lipinski definition) is 1. The van der Waals surface area contributed by atoms with Crippen molar-refractivity contribution in [3.05, 3.63) is 24.1 Å². The van der Waals surface area contributed by atoms with Gasteiger partial charge in [-0.3, -0.25) is 0 Å². The number of aromatic nitrogens is 2. The van der Waals surface area contributed by atoms with Gasteiger partial charge in [-0.05, 0) is 0 Å². The largest absolute Gasteiger partial charge is 2.00 e. The van der Waals surface area contributed by atoms with E-state index in [1.54, 1.807) is 6.20 Å². The van der Waals surface area contributed by atoms with Gasteiger partial charge in [0.25, 0.3) is 0 Å². The zero-order chi connectivity index (χ0) is 5.11. The summed E-state index contributed by atoms with van der Waals surface area (Å²) < 4.78 is 1.32. The Morgan fingerprint density at radius 2 is 2.33 bits per heavy atom. The molecule has 0 aromatic carbocycles. The fourth-order valence-electron chi connectivity index (χ4n) is 0.303. The summed E-state index contributed by atoms with van der Waals surface area (Å²) in [6.07, 6.45) is 6.45. The first-order chi connectivity index (χ1) is 3.43. The van der Waals surface area contributed by atoms with Gasteiger partial charge in [-0.15, -0.1) is 0 Å². The van der Waals surface area contributed by atoms with Crippen LogP contribution in [0.5, 0.6) is 0 Å². The van der Waals surface area contributed by atoms with Gasteiger partial charge in [-0.2, -0.15) is 12.5 Å². The first kappa shape index (κ1) is 12.0. The Morgan fingerprint density at radius 3 is 2.56 bits per heavy atom. The maximum Gasteiger partial charge on any atom is 2.00 e. The van der Waals surface area contributed by atoms with Crippen molar-refractivity contribution in [2.45, 2.75) is 0 Å². The van der Waals surface area contributed by atoms with Crippen LogP contribution in [0.3, 0.4) is 0 Å². The van der Waals surface area contributed by atoms with Crippen molar-refractivity contribution in [1.82, 2.24) is 9.55 Å². The molecule has 3 nitrogen and oxygen atoms in total. The summed E-state index contributed by atoms with van der Waals surface area (Å²) in [5.74, 6) is 0. The molecule has 0 amide bonds. The van der Waals surface area contributed by atoms with Crippen LogP contribution in [0.25, 0.3) is 5.41 Å². The van der Waals surface area contributed by atoms with Gasteiger partial charge in [0, 0.05) is 21.1 Å². The minimum absolute atomic E-state index is 0. The van der Waals surface area contributed by atoms with Crippen molar-refractivity contribution in [2.24, 2.45) is 0 Å². The molecule has 0 radical (unpaired) electrons. The molecule has 0 N–H and O–H groups in total. The van der Waals surface area contributed by atoms with Crippen molar-refractivity contribution >= 4 is 6.34 Å². The molecule has 1 heterocycles. The van der Waals surface area contributed by atoms with E-state index >= 15 is 0 Å². The second kappa shape index (κ2) is 6.38. The third-order valence-corrected chi connectivity index (χ3v) is 0.599. The van der Waals surface area contributed by atoms with Crippen molar-refractivity contribution in [3.8, 4) is 0 Å². The molecule has 0 saturated heterocycles. The predicted molar refractivity (Wildman–Crippen MR) is 25.9 cm³/mol. The Bertz CT molecular complexity index is 149. The van der Waals surface area contributed by atoms with Crippen LogP contribution >= 0.6 is 0 Å². The van der Waals surface area contributed by atoms with Crippen LogP contribution in [-0.2, 0) is 42.1 Å². The van der Waals surface area contributed by atoms with Gasteiger partial charge in [0.05, 0.1) is 0 Å². The summed E-state index contributed by atoms with van der Waals surface area (Å²) in [5.41, 5.74) is 0. The Hall–Kier alpha value is 0.257. The van der Waals surface area contributed by atoms with Crippen LogP contribution in [0.2, 0.25) is 0 Å². The fourth-order valence-corrected chi connectivity index (χ4v) is 0.303. The minimum Gasteiger partial charge on any atom is -0.540 e. The predicted octanol–water partition coefficient (Wildman–Crippen LogP) is 0.124. The topological polar surface area (TPSA) is 40.1 Å². The van der Waals surface area contributed by atoms with Gasteiger partial charge in [0.2, 0.25) is 0 Å². The Balaban J connectivity index is 0. The van der Waals surface area contributed by atoms with E-state index in [9.17, 15) is 0 Å². The molecule has 1 aromatic rings.